The molecule has 0 spiro atoms. The van der Waals surface area contributed by atoms with Gasteiger partial charge in [0.15, 0.2) is 24.2 Å². The summed E-state index contributed by atoms with van der Waals surface area (Å²) in [5.74, 6) is 1.98. The van der Waals surface area contributed by atoms with Gasteiger partial charge in [0, 0.05) is 0 Å². The normalized spacial score (nSPS) is 12.9. The van der Waals surface area contributed by atoms with Crippen molar-refractivity contribution in [2.45, 2.75) is 0 Å². The zero-order chi connectivity index (χ0) is 42.8. The Morgan fingerprint density at radius 2 is 0.469 bits per heavy atom. The molecule has 0 fully saturated rings. The zero-order valence-electron chi connectivity index (χ0n) is 35.5. The second-order valence-corrected chi connectivity index (χ2v) is 27.9. The molecule has 4 heteroatoms. The third-order valence-corrected chi connectivity index (χ3v) is 27.9. The van der Waals surface area contributed by atoms with Gasteiger partial charge in [-0.2, -0.15) is 0 Å². The molecule has 10 aromatic carbocycles. The van der Waals surface area contributed by atoms with Crippen molar-refractivity contribution < 1.29 is 4.74 Å². The van der Waals surface area contributed by atoms with Gasteiger partial charge in [0.25, 0.3) is 0 Å². The molecule has 304 valence electrons. The van der Waals surface area contributed by atoms with Crippen LogP contribution in [0, 0.1) is 0 Å². The molecule has 0 N–H and O–H groups in total. The maximum Gasteiger partial charge on any atom is 0.188 e. The van der Waals surface area contributed by atoms with Crippen LogP contribution in [-0.4, -0.2) is 24.2 Å². The summed E-state index contributed by atoms with van der Waals surface area (Å²) >= 11 is 0. The molecule has 0 unspecified atom stereocenters. The highest BCUT2D eigenvalue weighted by atomic mass is 28.3. The molecule has 1 aliphatic rings. The smallest absolute Gasteiger partial charge is 0.188 e. The first-order chi connectivity index (χ1) is 31.8. The first-order valence-corrected chi connectivity index (χ1v) is 28.2. The molecular weight excluding hydrogens is 821 g/mol. The van der Waals surface area contributed by atoms with Gasteiger partial charge in [0.05, 0.1) is 0 Å². The van der Waals surface area contributed by atoms with Gasteiger partial charge >= 0.3 is 0 Å². The van der Waals surface area contributed by atoms with Crippen molar-refractivity contribution in [2.75, 3.05) is 0 Å². The minimum Gasteiger partial charge on any atom is -0.458 e. The molecule has 1 heterocycles. The molecule has 0 bridgehead atoms. The number of fused-ring (bicyclic) bond motifs is 2. The summed E-state index contributed by atoms with van der Waals surface area (Å²) in [6.45, 7) is 0. The quantitative estimate of drug-likeness (QED) is 0.123. The molecule has 0 radical (unpaired) electrons. The highest BCUT2D eigenvalue weighted by molar-refractivity contribution is 7.24. The first-order valence-electron chi connectivity index (χ1n) is 22.2. The van der Waals surface area contributed by atoms with Gasteiger partial charge in [0.1, 0.15) is 11.5 Å². The number of benzene rings is 10. The summed E-state index contributed by atoms with van der Waals surface area (Å²) in [4.78, 5) is 0. The predicted molar refractivity (Wildman–Crippen MR) is 277 cm³/mol. The molecule has 0 amide bonds. The Hall–Kier alpha value is -7.35. The monoisotopic (exact) mass is 866 g/mol. The highest BCUT2D eigenvalue weighted by Gasteiger charge is 2.54. The maximum atomic E-state index is 8.18. The van der Waals surface area contributed by atoms with Gasteiger partial charge < -0.3 is 4.74 Å². The van der Waals surface area contributed by atoms with E-state index in [1.165, 1.54) is 62.2 Å². The van der Waals surface area contributed by atoms with E-state index in [0.29, 0.717) is 0 Å². The fraction of sp³-hybridized carbons (Fsp3) is 0. The Balaban J connectivity index is 1.35. The van der Waals surface area contributed by atoms with Gasteiger partial charge in [-0.15, -0.1) is 0 Å². The average molecular weight is 867 g/mol. The van der Waals surface area contributed by atoms with Crippen molar-refractivity contribution in [3.05, 3.63) is 279 Å². The van der Waals surface area contributed by atoms with Crippen LogP contribution in [0.1, 0.15) is 0 Å². The lowest BCUT2D eigenvalue weighted by atomic mass is 10.3. The fourth-order valence-electron chi connectivity index (χ4n) is 10.9. The molecule has 0 saturated heterocycles. The van der Waals surface area contributed by atoms with Crippen LogP contribution in [-0.2, 0) is 0 Å². The van der Waals surface area contributed by atoms with E-state index in [1.807, 2.05) is 0 Å². The number of para-hydroxylation sites is 2. The van der Waals surface area contributed by atoms with Crippen LogP contribution in [0.2, 0.25) is 0 Å². The van der Waals surface area contributed by atoms with Crippen LogP contribution in [0.3, 0.4) is 0 Å². The van der Waals surface area contributed by atoms with E-state index in [9.17, 15) is 0 Å². The molecule has 0 saturated carbocycles. The Kier molecular flexibility index (Phi) is 10.3. The predicted octanol–water partition coefficient (Wildman–Crippen LogP) is 5.92. The van der Waals surface area contributed by atoms with E-state index < -0.39 is 24.2 Å². The van der Waals surface area contributed by atoms with Gasteiger partial charge in [0.2, 0.25) is 0 Å². The summed E-state index contributed by atoms with van der Waals surface area (Å²) in [7, 11) is -9.41. The topological polar surface area (TPSA) is 9.23 Å². The average Bonchev–Trinajstić information content (AvgIpc) is 3.39. The SMILES string of the molecule is c1ccc([Si](c2ccccc2)(c2ccccc2)c2cccc3c2Oc2c([Si](c4ccccc4)(c4ccccc4)c4ccccc4)cccc2[Si]3(c2ccccc2)c2ccccc2)cc1. The van der Waals surface area contributed by atoms with Gasteiger partial charge in [-0.3, -0.25) is 0 Å². The second kappa shape index (κ2) is 16.7. The summed E-state index contributed by atoms with van der Waals surface area (Å²) in [5, 5.41) is 15.6. The van der Waals surface area contributed by atoms with E-state index in [0.717, 1.165) is 11.5 Å². The highest BCUT2D eigenvalue weighted by Crippen LogP contribution is 2.31. The zero-order valence-corrected chi connectivity index (χ0v) is 38.5. The summed E-state index contributed by atoms with van der Waals surface area (Å²) in [6.07, 6.45) is 0. The van der Waals surface area contributed by atoms with E-state index >= 15 is 0 Å². The van der Waals surface area contributed by atoms with E-state index in [4.69, 9.17) is 4.74 Å². The molecule has 0 aromatic heterocycles. The molecule has 1 nitrogen and oxygen atoms in total. The minimum absolute atomic E-state index is 0.988. The van der Waals surface area contributed by atoms with Crippen molar-refractivity contribution in [3.8, 4) is 11.5 Å². The molecular formula is C60H46OSi3. The maximum absolute atomic E-state index is 8.18. The largest absolute Gasteiger partial charge is 0.458 e. The van der Waals surface area contributed by atoms with Crippen LogP contribution in [0.5, 0.6) is 11.5 Å². The minimum atomic E-state index is -3.18. The van der Waals surface area contributed by atoms with Crippen molar-refractivity contribution in [3.63, 3.8) is 0 Å². The van der Waals surface area contributed by atoms with Crippen molar-refractivity contribution >= 4 is 86.5 Å². The number of hydrogen-bond acceptors (Lipinski definition) is 1. The van der Waals surface area contributed by atoms with Gasteiger partial charge in [-0.05, 0) is 62.2 Å². The molecule has 1 aliphatic heterocycles. The van der Waals surface area contributed by atoms with E-state index in [-0.39, 0.29) is 0 Å². The standard InChI is InChI=1S/C60H46OSi3/c1-9-27-47(28-10-1)62(48-29-11-2-12-30-48,49-31-13-3-14-32-49)55-43-25-45-57-59(55)61-60-56(44-26-46-58(60)64(57,53-39-21-7-22-40-53)54-41-23-8-24-42-54)63(50-33-15-4-16-34-50,51-35-17-5-18-36-51)52-37-19-6-20-38-52/h1-46H. The Bertz CT molecular complexity index is 2740. The molecule has 10 aromatic rings. The number of rotatable bonds is 10. The second-order valence-electron chi connectivity index (χ2n) is 16.6. The third-order valence-electron chi connectivity index (χ3n) is 13.5. The van der Waals surface area contributed by atoms with Crippen LogP contribution < -0.4 is 67.0 Å². The van der Waals surface area contributed by atoms with Crippen molar-refractivity contribution in [1.29, 1.82) is 0 Å². The molecule has 0 aliphatic carbocycles. The Morgan fingerprint density at radius 1 is 0.234 bits per heavy atom. The Morgan fingerprint density at radius 3 is 0.719 bits per heavy atom. The van der Waals surface area contributed by atoms with Crippen LogP contribution in [0.4, 0.5) is 0 Å². The Labute approximate surface area is 379 Å². The molecule has 0 atom stereocenters. The van der Waals surface area contributed by atoms with Crippen LogP contribution in [0.15, 0.2) is 279 Å². The van der Waals surface area contributed by atoms with Gasteiger partial charge in [-0.1, -0.05) is 279 Å². The number of ether oxygens (including phenoxy) is 1. The summed E-state index contributed by atoms with van der Waals surface area (Å²) in [5.41, 5.74) is 0. The lowest BCUT2D eigenvalue weighted by molar-refractivity contribution is 0.494. The number of hydrogen-bond donors (Lipinski definition) is 0. The lowest BCUT2D eigenvalue weighted by Gasteiger charge is -2.45. The lowest BCUT2D eigenvalue weighted by Crippen LogP contribution is -2.81. The van der Waals surface area contributed by atoms with Crippen molar-refractivity contribution in [2.24, 2.45) is 0 Å². The molecule has 64 heavy (non-hydrogen) atoms. The first kappa shape index (κ1) is 39.5. The summed E-state index contributed by atoms with van der Waals surface area (Å²) < 4.78 is 8.18. The van der Waals surface area contributed by atoms with Gasteiger partial charge in [-0.25, -0.2) is 0 Å². The van der Waals surface area contributed by atoms with Crippen LogP contribution >= 0.6 is 0 Å². The molecule has 11 rings (SSSR count). The van der Waals surface area contributed by atoms with Crippen molar-refractivity contribution in [1.82, 2.24) is 0 Å². The summed E-state index contributed by atoms with van der Waals surface area (Å²) in [6, 6.07) is 105. The van der Waals surface area contributed by atoms with E-state index in [1.54, 1.807) is 0 Å². The van der Waals surface area contributed by atoms with Crippen LogP contribution in [0.25, 0.3) is 0 Å². The third kappa shape index (κ3) is 6.10. The van der Waals surface area contributed by atoms with E-state index in [2.05, 4.69) is 279 Å². The fourth-order valence-corrected chi connectivity index (χ4v) is 26.0.